The van der Waals surface area contributed by atoms with Crippen LogP contribution in [-0.2, 0) is 16.4 Å². The maximum absolute atomic E-state index is 12.1. The Labute approximate surface area is 124 Å². The Morgan fingerprint density at radius 2 is 2.00 bits per heavy atom. The molecule has 0 amide bonds. The smallest absolute Gasteiger partial charge is 0.306 e. The summed E-state index contributed by atoms with van der Waals surface area (Å²) >= 11 is 1.85. The van der Waals surface area contributed by atoms with Gasteiger partial charge in [-0.15, -0.1) is 10.2 Å². The van der Waals surface area contributed by atoms with Crippen molar-refractivity contribution in [1.29, 1.82) is 0 Å². The molecule has 2 rings (SSSR count). The van der Waals surface area contributed by atoms with E-state index in [2.05, 4.69) is 19.9 Å². The molecule has 0 aliphatic heterocycles. The molecule has 0 fully saturated rings. The van der Waals surface area contributed by atoms with Crippen LogP contribution in [0.2, 0.25) is 0 Å². The first-order chi connectivity index (χ1) is 9.28. The minimum atomic E-state index is -3.79. The second-order valence-corrected chi connectivity index (χ2v) is 8.55. The number of hydrogen-bond acceptors (Lipinski definition) is 7. The highest BCUT2D eigenvalue weighted by molar-refractivity contribution is 7.94. The second-order valence-electron chi connectivity index (χ2n) is 4.63. The molecule has 20 heavy (non-hydrogen) atoms. The summed E-state index contributed by atoms with van der Waals surface area (Å²) in [6.45, 7) is 5.63. The van der Waals surface area contributed by atoms with E-state index in [-0.39, 0.29) is 9.34 Å². The first-order valence-corrected chi connectivity index (χ1v) is 8.94. The standard InChI is InChI=1S/C10H14N4O3S3/c1-5(2)4-7-12-13-9(18-7)14-20(16,17)8-6(3)11-10(15)19-8/h5H,4H2,1-3H3,(H,11,15)(H,13,14). The predicted molar refractivity (Wildman–Crippen MR) is 78.9 cm³/mol. The predicted octanol–water partition coefficient (Wildman–Crippen LogP) is 1.60. The first kappa shape index (κ1) is 15.1. The molecule has 0 saturated heterocycles. The van der Waals surface area contributed by atoms with Gasteiger partial charge in [0.15, 0.2) is 4.21 Å². The highest BCUT2D eigenvalue weighted by Gasteiger charge is 2.22. The van der Waals surface area contributed by atoms with Gasteiger partial charge in [-0.3, -0.25) is 9.52 Å². The number of nitrogens with one attached hydrogen (secondary N) is 2. The van der Waals surface area contributed by atoms with Crippen LogP contribution in [-0.4, -0.2) is 23.6 Å². The van der Waals surface area contributed by atoms with Crippen LogP contribution >= 0.6 is 22.7 Å². The summed E-state index contributed by atoms with van der Waals surface area (Å²) in [5, 5.41) is 8.73. The lowest BCUT2D eigenvalue weighted by atomic mass is 10.1. The summed E-state index contributed by atoms with van der Waals surface area (Å²) in [4.78, 5) is 13.2. The molecule has 2 N–H and O–H groups in total. The molecule has 110 valence electrons. The van der Waals surface area contributed by atoms with E-state index >= 15 is 0 Å². The normalized spacial score (nSPS) is 12.0. The Hall–Kier alpha value is -1.26. The van der Waals surface area contributed by atoms with Gasteiger partial charge < -0.3 is 4.98 Å². The Morgan fingerprint density at radius 1 is 1.30 bits per heavy atom. The van der Waals surface area contributed by atoms with E-state index in [0.717, 1.165) is 11.4 Å². The molecule has 10 heteroatoms. The van der Waals surface area contributed by atoms with Gasteiger partial charge in [0.05, 0.1) is 0 Å². The molecule has 2 heterocycles. The number of thiazole rings is 1. The zero-order chi connectivity index (χ0) is 14.9. The monoisotopic (exact) mass is 334 g/mol. The van der Waals surface area contributed by atoms with Gasteiger partial charge in [0.2, 0.25) is 5.13 Å². The maximum Gasteiger partial charge on any atom is 0.306 e. The van der Waals surface area contributed by atoms with Crippen molar-refractivity contribution in [3.05, 3.63) is 20.4 Å². The van der Waals surface area contributed by atoms with Crippen molar-refractivity contribution in [3.8, 4) is 0 Å². The minimum Gasteiger partial charge on any atom is -0.315 e. The number of nitrogens with zero attached hydrogens (tertiary/aromatic N) is 2. The SMILES string of the molecule is Cc1[nH]c(=O)sc1S(=O)(=O)Nc1nnc(CC(C)C)s1. The van der Waals surface area contributed by atoms with E-state index < -0.39 is 14.9 Å². The van der Waals surface area contributed by atoms with Crippen LogP contribution in [0.25, 0.3) is 0 Å². The van der Waals surface area contributed by atoms with E-state index in [1.165, 1.54) is 18.3 Å². The van der Waals surface area contributed by atoms with Crippen molar-refractivity contribution in [1.82, 2.24) is 15.2 Å². The van der Waals surface area contributed by atoms with E-state index in [9.17, 15) is 13.2 Å². The lowest BCUT2D eigenvalue weighted by molar-refractivity contribution is 0.602. The summed E-state index contributed by atoms with van der Waals surface area (Å²) in [7, 11) is -3.79. The molecule has 2 aromatic rings. The Kier molecular flexibility index (Phi) is 4.25. The van der Waals surface area contributed by atoms with Crippen LogP contribution in [0, 0.1) is 12.8 Å². The average Bonchev–Trinajstić information content (AvgIpc) is 2.84. The fraction of sp³-hybridized carbons (Fsp3) is 0.500. The van der Waals surface area contributed by atoms with Crippen molar-refractivity contribution in [2.75, 3.05) is 4.72 Å². The summed E-state index contributed by atoms with van der Waals surface area (Å²) in [6, 6.07) is 0. The molecule has 7 nitrogen and oxygen atoms in total. The van der Waals surface area contributed by atoms with Crippen molar-refractivity contribution in [2.24, 2.45) is 5.92 Å². The summed E-state index contributed by atoms with van der Waals surface area (Å²) in [5.74, 6) is 0.421. The summed E-state index contributed by atoms with van der Waals surface area (Å²) in [5.41, 5.74) is 0.319. The van der Waals surface area contributed by atoms with Gasteiger partial charge in [-0.25, -0.2) is 8.42 Å². The third kappa shape index (κ3) is 3.44. The number of hydrogen-bond donors (Lipinski definition) is 2. The molecular weight excluding hydrogens is 320 g/mol. The molecule has 0 aliphatic rings. The van der Waals surface area contributed by atoms with Gasteiger partial charge in [0, 0.05) is 12.1 Å². The highest BCUT2D eigenvalue weighted by atomic mass is 32.2. The number of aryl methyl sites for hydroxylation is 1. The molecular formula is C10H14N4O3S3. The van der Waals surface area contributed by atoms with Crippen LogP contribution in [0.15, 0.2) is 9.00 Å². The summed E-state index contributed by atoms with van der Waals surface area (Å²) in [6.07, 6.45) is 0.746. The van der Waals surface area contributed by atoms with Crippen molar-refractivity contribution >= 4 is 37.8 Å². The molecule has 0 aromatic carbocycles. The first-order valence-electron chi connectivity index (χ1n) is 5.83. The number of sulfonamides is 1. The summed E-state index contributed by atoms with van der Waals surface area (Å²) < 4.78 is 26.6. The lowest BCUT2D eigenvalue weighted by Crippen LogP contribution is -2.12. The fourth-order valence-electron chi connectivity index (χ4n) is 1.53. The van der Waals surface area contributed by atoms with Crippen LogP contribution in [0.1, 0.15) is 24.5 Å². The quantitative estimate of drug-likeness (QED) is 0.864. The number of rotatable bonds is 5. The highest BCUT2D eigenvalue weighted by Crippen LogP contribution is 2.23. The number of aromatic amines is 1. The molecule has 0 atom stereocenters. The van der Waals surface area contributed by atoms with Gasteiger partial charge in [0.1, 0.15) is 5.01 Å². The van der Waals surface area contributed by atoms with Gasteiger partial charge in [-0.05, 0) is 12.8 Å². The van der Waals surface area contributed by atoms with Crippen LogP contribution in [0.3, 0.4) is 0 Å². The molecule has 0 aliphatic carbocycles. The number of anilines is 1. The van der Waals surface area contributed by atoms with E-state index in [4.69, 9.17) is 0 Å². The van der Waals surface area contributed by atoms with Gasteiger partial charge in [0.25, 0.3) is 10.0 Å². The molecule has 0 bridgehead atoms. The van der Waals surface area contributed by atoms with Crippen LogP contribution in [0.4, 0.5) is 5.13 Å². The zero-order valence-corrected chi connectivity index (χ0v) is 13.6. The molecule has 2 aromatic heterocycles. The fourth-order valence-corrected chi connectivity index (χ4v) is 5.02. The topological polar surface area (TPSA) is 105 Å². The van der Waals surface area contributed by atoms with E-state index in [0.29, 0.717) is 22.9 Å². The van der Waals surface area contributed by atoms with Crippen LogP contribution < -0.4 is 9.60 Å². The zero-order valence-electron chi connectivity index (χ0n) is 11.1. The van der Waals surface area contributed by atoms with E-state index in [1.807, 2.05) is 13.8 Å². The Bertz CT molecular complexity index is 757. The number of aromatic nitrogens is 3. The Morgan fingerprint density at radius 3 is 2.55 bits per heavy atom. The average molecular weight is 334 g/mol. The molecule has 0 unspecified atom stereocenters. The third-order valence-corrected chi connectivity index (χ3v) is 6.23. The van der Waals surface area contributed by atoms with Gasteiger partial charge >= 0.3 is 4.87 Å². The lowest BCUT2D eigenvalue weighted by Gasteiger charge is -2.02. The largest absolute Gasteiger partial charge is 0.315 e. The second kappa shape index (κ2) is 5.62. The Balaban J connectivity index is 2.22. The van der Waals surface area contributed by atoms with Gasteiger partial charge in [-0.1, -0.05) is 36.5 Å². The van der Waals surface area contributed by atoms with E-state index in [1.54, 1.807) is 0 Å². The molecule has 0 spiro atoms. The third-order valence-electron chi connectivity index (χ3n) is 2.30. The van der Waals surface area contributed by atoms with Crippen molar-refractivity contribution < 1.29 is 8.42 Å². The van der Waals surface area contributed by atoms with Crippen molar-refractivity contribution in [2.45, 2.75) is 31.4 Å². The van der Waals surface area contributed by atoms with Crippen LogP contribution in [0.5, 0.6) is 0 Å². The van der Waals surface area contributed by atoms with Gasteiger partial charge in [-0.2, -0.15) is 0 Å². The molecule has 0 saturated carbocycles. The molecule has 0 radical (unpaired) electrons. The van der Waals surface area contributed by atoms with Crippen molar-refractivity contribution in [3.63, 3.8) is 0 Å². The number of H-pyrrole nitrogens is 1. The maximum atomic E-state index is 12.1. The minimum absolute atomic E-state index is 0.0249.